The second-order valence-electron chi connectivity index (χ2n) is 4.81. The maximum atomic E-state index is 11.4. The Morgan fingerprint density at radius 2 is 2.16 bits per heavy atom. The predicted octanol–water partition coefficient (Wildman–Crippen LogP) is 0.406. The molecular weight excluding hydrogens is 244 g/mol. The predicted molar refractivity (Wildman–Crippen MR) is 74.4 cm³/mol. The smallest absolute Gasteiger partial charge is 0.408 e. The molecule has 1 aliphatic heterocycles. The van der Waals surface area contributed by atoms with E-state index in [1.807, 2.05) is 18.2 Å². The first-order chi connectivity index (χ1) is 9.24. The number of aryl methyl sites for hydroxylation is 1. The van der Waals surface area contributed by atoms with E-state index in [2.05, 4.69) is 15.5 Å². The van der Waals surface area contributed by atoms with Gasteiger partial charge in [0.05, 0.1) is 12.2 Å². The van der Waals surface area contributed by atoms with Crippen LogP contribution in [0, 0.1) is 0 Å². The standard InChI is InChI=1S/C13H18N4O2/c1-16-11-3-2-10(8-12(11)19-13(16)18)15-9-17-6-4-14-5-7-17/h2-3,8,14-15H,4-7,9H2,1H3. The molecule has 0 spiro atoms. The first-order valence-electron chi connectivity index (χ1n) is 6.50. The monoisotopic (exact) mass is 262 g/mol. The van der Waals surface area contributed by atoms with Crippen LogP contribution in [0.15, 0.2) is 27.4 Å². The van der Waals surface area contributed by atoms with Crippen molar-refractivity contribution in [1.29, 1.82) is 0 Å². The molecule has 102 valence electrons. The molecule has 6 heteroatoms. The van der Waals surface area contributed by atoms with Crippen molar-refractivity contribution in [3.8, 4) is 0 Å². The third kappa shape index (κ3) is 2.50. The first-order valence-corrected chi connectivity index (χ1v) is 6.50. The fraction of sp³-hybridized carbons (Fsp3) is 0.462. The van der Waals surface area contributed by atoms with Gasteiger partial charge in [0.25, 0.3) is 0 Å². The number of oxazole rings is 1. The van der Waals surface area contributed by atoms with Gasteiger partial charge in [-0.05, 0) is 12.1 Å². The Kier molecular flexibility index (Phi) is 3.27. The number of nitrogens with one attached hydrogen (secondary N) is 2. The molecule has 19 heavy (non-hydrogen) atoms. The quantitative estimate of drug-likeness (QED) is 0.838. The number of benzene rings is 1. The summed E-state index contributed by atoms with van der Waals surface area (Å²) in [5, 5.41) is 6.69. The van der Waals surface area contributed by atoms with Gasteiger partial charge in [-0.15, -0.1) is 0 Å². The number of hydrogen-bond acceptors (Lipinski definition) is 5. The first kappa shape index (κ1) is 12.3. The Bertz CT molecular complexity index is 625. The Labute approximate surface area is 111 Å². The van der Waals surface area contributed by atoms with E-state index < -0.39 is 0 Å². The summed E-state index contributed by atoms with van der Waals surface area (Å²) >= 11 is 0. The second kappa shape index (κ2) is 5.07. The van der Waals surface area contributed by atoms with Crippen molar-refractivity contribution in [2.45, 2.75) is 0 Å². The summed E-state index contributed by atoms with van der Waals surface area (Å²) in [5.74, 6) is -0.325. The SMILES string of the molecule is Cn1c(=O)oc2cc(NCN3CCNCC3)ccc21. The highest BCUT2D eigenvalue weighted by Crippen LogP contribution is 2.17. The minimum Gasteiger partial charge on any atom is -0.408 e. The number of hydrogen-bond donors (Lipinski definition) is 2. The number of aromatic nitrogens is 1. The molecule has 0 saturated carbocycles. The number of nitrogens with zero attached hydrogens (tertiary/aromatic N) is 2. The van der Waals surface area contributed by atoms with Crippen LogP contribution in [0.2, 0.25) is 0 Å². The van der Waals surface area contributed by atoms with Crippen LogP contribution in [-0.2, 0) is 7.05 Å². The molecule has 1 aliphatic rings. The average molecular weight is 262 g/mol. The summed E-state index contributed by atoms with van der Waals surface area (Å²) in [4.78, 5) is 13.8. The largest absolute Gasteiger partial charge is 0.419 e. The topological polar surface area (TPSA) is 62.4 Å². The molecule has 1 aromatic heterocycles. The second-order valence-corrected chi connectivity index (χ2v) is 4.81. The molecule has 0 radical (unpaired) electrons. The van der Waals surface area contributed by atoms with Crippen molar-refractivity contribution in [2.24, 2.45) is 7.05 Å². The molecule has 2 N–H and O–H groups in total. The van der Waals surface area contributed by atoms with E-state index in [9.17, 15) is 4.79 Å². The van der Waals surface area contributed by atoms with Gasteiger partial charge in [-0.25, -0.2) is 4.79 Å². The molecule has 1 fully saturated rings. The molecule has 0 atom stereocenters. The van der Waals surface area contributed by atoms with E-state index in [1.54, 1.807) is 7.05 Å². The lowest BCUT2D eigenvalue weighted by molar-refractivity contribution is 0.256. The van der Waals surface area contributed by atoms with Gasteiger partial charge in [-0.2, -0.15) is 0 Å². The van der Waals surface area contributed by atoms with E-state index in [0.29, 0.717) is 5.58 Å². The Morgan fingerprint density at radius 3 is 2.95 bits per heavy atom. The summed E-state index contributed by atoms with van der Waals surface area (Å²) in [6.07, 6.45) is 0. The van der Waals surface area contributed by atoms with Crippen LogP contribution in [0.5, 0.6) is 0 Å². The number of piperazine rings is 1. The normalized spacial score (nSPS) is 16.9. The zero-order chi connectivity index (χ0) is 13.2. The van der Waals surface area contributed by atoms with Crippen LogP contribution in [0.25, 0.3) is 11.1 Å². The molecule has 3 rings (SSSR count). The molecule has 6 nitrogen and oxygen atoms in total. The molecule has 0 aliphatic carbocycles. The molecule has 1 aromatic carbocycles. The van der Waals surface area contributed by atoms with Crippen LogP contribution in [-0.4, -0.2) is 42.3 Å². The van der Waals surface area contributed by atoms with Gasteiger partial charge < -0.3 is 15.1 Å². The van der Waals surface area contributed by atoms with Crippen LogP contribution in [0.1, 0.15) is 0 Å². The van der Waals surface area contributed by atoms with Crippen LogP contribution in [0.3, 0.4) is 0 Å². The minimum absolute atomic E-state index is 0.325. The molecule has 1 saturated heterocycles. The van der Waals surface area contributed by atoms with E-state index in [0.717, 1.165) is 44.1 Å². The molecule has 0 bridgehead atoms. The number of rotatable bonds is 3. The van der Waals surface area contributed by atoms with Gasteiger partial charge in [0.2, 0.25) is 0 Å². The lowest BCUT2D eigenvalue weighted by Crippen LogP contribution is -2.45. The van der Waals surface area contributed by atoms with Crippen molar-refractivity contribution < 1.29 is 4.42 Å². The Morgan fingerprint density at radius 1 is 1.37 bits per heavy atom. The fourth-order valence-corrected chi connectivity index (χ4v) is 2.32. The fourth-order valence-electron chi connectivity index (χ4n) is 2.32. The molecule has 2 aromatic rings. The van der Waals surface area contributed by atoms with Crippen LogP contribution in [0.4, 0.5) is 5.69 Å². The van der Waals surface area contributed by atoms with Crippen LogP contribution >= 0.6 is 0 Å². The van der Waals surface area contributed by atoms with Crippen LogP contribution < -0.4 is 16.4 Å². The molecule has 0 amide bonds. The number of anilines is 1. The maximum Gasteiger partial charge on any atom is 0.419 e. The van der Waals surface area contributed by atoms with Crippen molar-refractivity contribution in [3.05, 3.63) is 28.7 Å². The Hall–Kier alpha value is -1.79. The average Bonchev–Trinajstić information content (AvgIpc) is 2.73. The summed E-state index contributed by atoms with van der Waals surface area (Å²) in [6.45, 7) is 4.98. The lowest BCUT2D eigenvalue weighted by Gasteiger charge is -2.27. The van der Waals surface area contributed by atoms with Gasteiger partial charge in [0.1, 0.15) is 0 Å². The highest BCUT2D eigenvalue weighted by Gasteiger charge is 2.10. The van der Waals surface area contributed by atoms with Gasteiger partial charge >= 0.3 is 5.76 Å². The molecule has 0 unspecified atom stereocenters. The van der Waals surface area contributed by atoms with E-state index in [4.69, 9.17) is 4.42 Å². The van der Waals surface area contributed by atoms with E-state index in [1.165, 1.54) is 4.57 Å². The van der Waals surface area contributed by atoms with Gasteiger partial charge in [-0.1, -0.05) is 0 Å². The lowest BCUT2D eigenvalue weighted by atomic mass is 10.3. The van der Waals surface area contributed by atoms with Gasteiger partial charge in [0.15, 0.2) is 5.58 Å². The summed E-state index contributed by atoms with van der Waals surface area (Å²) in [7, 11) is 1.71. The summed E-state index contributed by atoms with van der Waals surface area (Å²) in [5.41, 5.74) is 2.41. The molecular formula is C13H18N4O2. The Balaban J connectivity index is 1.72. The highest BCUT2D eigenvalue weighted by molar-refractivity contribution is 5.77. The van der Waals surface area contributed by atoms with E-state index >= 15 is 0 Å². The third-order valence-corrected chi connectivity index (χ3v) is 3.51. The van der Waals surface area contributed by atoms with Crippen molar-refractivity contribution in [2.75, 3.05) is 38.2 Å². The van der Waals surface area contributed by atoms with Gasteiger partial charge in [0, 0.05) is 45.0 Å². The maximum absolute atomic E-state index is 11.4. The summed E-state index contributed by atoms with van der Waals surface area (Å²) < 4.78 is 6.68. The molecule has 2 heterocycles. The van der Waals surface area contributed by atoms with Crippen molar-refractivity contribution in [1.82, 2.24) is 14.8 Å². The number of fused-ring (bicyclic) bond motifs is 1. The zero-order valence-corrected chi connectivity index (χ0v) is 11.0. The third-order valence-electron chi connectivity index (χ3n) is 3.51. The summed E-state index contributed by atoms with van der Waals surface area (Å²) in [6, 6.07) is 5.75. The van der Waals surface area contributed by atoms with E-state index in [-0.39, 0.29) is 5.76 Å². The van der Waals surface area contributed by atoms with Crippen molar-refractivity contribution in [3.63, 3.8) is 0 Å². The zero-order valence-electron chi connectivity index (χ0n) is 11.0. The minimum atomic E-state index is -0.325. The van der Waals surface area contributed by atoms with Crippen molar-refractivity contribution >= 4 is 16.8 Å². The highest BCUT2D eigenvalue weighted by atomic mass is 16.4. The van der Waals surface area contributed by atoms with Gasteiger partial charge in [-0.3, -0.25) is 9.47 Å².